The highest BCUT2D eigenvalue weighted by molar-refractivity contribution is 5.83. The van der Waals surface area contributed by atoms with Crippen molar-refractivity contribution < 1.29 is 14.0 Å². The van der Waals surface area contributed by atoms with Crippen LogP contribution in [0.1, 0.15) is 57.8 Å². The lowest BCUT2D eigenvalue weighted by molar-refractivity contribution is -0.136. The number of primary amides is 1. The van der Waals surface area contributed by atoms with Gasteiger partial charge in [0, 0.05) is 31.0 Å². The molecule has 2 aliphatic heterocycles. The minimum absolute atomic E-state index is 0.0613. The van der Waals surface area contributed by atoms with Crippen LogP contribution in [0.2, 0.25) is 0 Å². The van der Waals surface area contributed by atoms with E-state index in [0.29, 0.717) is 24.8 Å². The van der Waals surface area contributed by atoms with Gasteiger partial charge in [-0.1, -0.05) is 6.42 Å². The summed E-state index contributed by atoms with van der Waals surface area (Å²) in [5, 5.41) is 7.92. The zero-order valence-corrected chi connectivity index (χ0v) is 17.8. The molecule has 0 aromatic heterocycles. The molecule has 2 amide bonds. The molecule has 2 aliphatic carbocycles. The maximum atomic E-state index is 13.8. The van der Waals surface area contributed by atoms with E-state index in [0.717, 1.165) is 57.9 Å². The van der Waals surface area contributed by atoms with Crippen molar-refractivity contribution in [2.24, 2.45) is 35.1 Å². The van der Waals surface area contributed by atoms with Crippen molar-refractivity contribution in [3.63, 3.8) is 0 Å². The zero-order valence-electron chi connectivity index (χ0n) is 17.8. The summed E-state index contributed by atoms with van der Waals surface area (Å²) in [5.74, 6) is 0.866. The number of alkyl halides is 1. The van der Waals surface area contributed by atoms with Crippen LogP contribution in [-0.2, 0) is 9.59 Å². The Hall–Kier alpha value is -1.70. The van der Waals surface area contributed by atoms with Gasteiger partial charge in [0.25, 0.3) is 0 Å². The van der Waals surface area contributed by atoms with Crippen molar-refractivity contribution in [1.29, 1.82) is 5.41 Å². The molecule has 0 radical (unpaired) electrons. The number of nitrogens with zero attached hydrogens (tertiary/aromatic N) is 2. The molecule has 0 bridgehead atoms. The highest BCUT2D eigenvalue weighted by atomic mass is 19.1. The van der Waals surface area contributed by atoms with Crippen molar-refractivity contribution in [1.82, 2.24) is 9.80 Å². The molecule has 5 N–H and O–H groups in total. The Balaban J connectivity index is 1.52. The van der Waals surface area contributed by atoms with E-state index in [1.54, 1.807) is 4.90 Å². The number of carbonyl (C=O) groups excluding carboxylic acids is 2. The minimum atomic E-state index is -0.914. The van der Waals surface area contributed by atoms with E-state index < -0.39 is 6.17 Å². The van der Waals surface area contributed by atoms with Crippen molar-refractivity contribution >= 4 is 17.6 Å². The zero-order chi connectivity index (χ0) is 21.4. The van der Waals surface area contributed by atoms with Gasteiger partial charge < -0.3 is 16.4 Å². The summed E-state index contributed by atoms with van der Waals surface area (Å²) in [6.07, 6.45) is 6.73. The van der Waals surface area contributed by atoms with Gasteiger partial charge in [0.15, 0.2) is 0 Å². The number of nitrogens with one attached hydrogen (secondary N) is 1. The molecule has 4 fully saturated rings. The molecule has 30 heavy (non-hydrogen) atoms. The monoisotopic (exact) mass is 421 g/mol. The third-order valence-corrected chi connectivity index (χ3v) is 8.13. The quantitative estimate of drug-likeness (QED) is 0.462. The molecule has 8 heteroatoms. The molecule has 6 unspecified atom stereocenters. The van der Waals surface area contributed by atoms with E-state index in [4.69, 9.17) is 16.9 Å². The Bertz CT molecular complexity index is 688. The van der Waals surface area contributed by atoms with Crippen molar-refractivity contribution in [3.05, 3.63) is 0 Å². The molecule has 7 nitrogen and oxygen atoms in total. The van der Waals surface area contributed by atoms with Gasteiger partial charge in [-0.25, -0.2) is 4.39 Å². The molecule has 0 spiro atoms. The van der Waals surface area contributed by atoms with Gasteiger partial charge in [-0.05, 0) is 63.2 Å². The van der Waals surface area contributed by atoms with Crippen LogP contribution in [0.4, 0.5) is 4.39 Å². The van der Waals surface area contributed by atoms with E-state index in [-0.39, 0.29) is 48.1 Å². The molecule has 4 aliphatic rings. The first-order valence-corrected chi connectivity index (χ1v) is 11.6. The van der Waals surface area contributed by atoms with Gasteiger partial charge in [-0.2, -0.15) is 0 Å². The first-order chi connectivity index (χ1) is 14.3. The number of amidine groups is 1. The molecule has 168 valence electrons. The normalized spacial score (nSPS) is 39.6. The number of nitrogens with two attached hydrogens (primary N) is 2. The second-order valence-electron chi connectivity index (χ2n) is 10.0. The van der Waals surface area contributed by atoms with Crippen molar-refractivity contribution in [2.75, 3.05) is 19.6 Å². The van der Waals surface area contributed by atoms with Crippen molar-refractivity contribution in [3.8, 4) is 0 Å². The predicted molar refractivity (Wildman–Crippen MR) is 112 cm³/mol. The topological polar surface area (TPSA) is 117 Å². The van der Waals surface area contributed by atoms with Crippen LogP contribution in [0.25, 0.3) is 0 Å². The lowest BCUT2D eigenvalue weighted by Crippen LogP contribution is -2.50. The summed E-state index contributed by atoms with van der Waals surface area (Å²) in [7, 11) is 0. The van der Waals surface area contributed by atoms with Gasteiger partial charge in [0.1, 0.15) is 6.17 Å². The van der Waals surface area contributed by atoms with Gasteiger partial charge in [0.2, 0.25) is 11.8 Å². The molecular formula is C22H36FN5O2. The Morgan fingerprint density at radius 3 is 2.47 bits per heavy atom. The summed E-state index contributed by atoms with van der Waals surface area (Å²) in [4.78, 5) is 29.1. The van der Waals surface area contributed by atoms with Crippen LogP contribution in [0.3, 0.4) is 0 Å². The number of halogens is 1. The van der Waals surface area contributed by atoms with Crippen LogP contribution in [0.5, 0.6) is 0 Å². The van der Waals surface area contributed by atoms with Crippen molar-refractivity contribution in [2.45, 2.75) is 76.0 Å². The summed E-state index contributed by atoms with van der Waals surface area (Å²) < 4.78 is 13.8. The lowest BCUT2D eigenvalue weighted by atomic mass is 9.77. The maximum Gasteiger partial charge on any atom is 0.240 e. The van der Waals surface area contributed by atoms with Gasteiger partial charge in [0.05, 0.1) is 18.4 Å². The van der Waals surface area contributed by atoms with Gasteiger partial charge in [-0.3, -0.25) is 19.9 Å². The van der Waals surface area contributed by atoms with Gasteiger partial charge in [-0.15, -0.1) is 0 Å². The fourth-order valence-corrected chi connectivity index (χ4v) is 6.47. The maximum absolute atomic E-state index is 13.8. The Morgan fingerprint density at radius 2 is 1.80 bits per heavy atom. The van der Waals surface area contributed by atoms with Crippen LogP contribution in [0.15, 0.2) is 0 Å². The average molecular weight is 422 g/mol. The Labute approximate surface area is 178 Å². The second-order valence-corrected chi connectivity index (χ2v) is 10.0. The smallest absolute Gasteiger partial charge is 0.240 e. The number of amides is 2. The Morgan fingerprint density at radius 1 is 1.00 bits per heavy atom. The van der Waals surface area contributed by atoms with E-state index in [1.165, 1.54) is 0 Å². The Kier molecular flexibility index (Phi) is 6.32. The molecule has 2 saturated carbocycles. The molecule has 4 rings (SSSR count). The third-order valence-electron chi connectivity index (χ3n) is 8.13. The van der Waals surface area contributed by atoms with Gasteiger partial charge >= 0.3 is 0 Å². The van der Waals surface area contributed by atoms with E-state index >= 15 is 0 Å². The SMILES string of the molecule is N=C(N)C1CCC2CC(C(=O)N3CC[C@H](F)C3)N(CC3CCCC(C(N)=O)C3)C2C1. The number of hydrogen-bond donors (Lipinski definition) is 3. The number of carbonyl (C=O) groups is 2. The highest BCUT2D eigenvalue weighted by Gasteiger charge is 2.49. The minimum Gasteiger partial charge on any atom is -0.387 e. The third kappa shape index (κ3) is 4.34. The number of hydrogen-bond acceptors (Lipinski definition) is 4. The molecule has 0 aromatic carbocycles. The standard InChI is InChI=1S/C22H36FN5O2/c23-17-6-7-27(12-17)22(30)19-9-14-4-5-15(20(24)25)10-18(14)28(19)11-13-2-1-3-16(8-13)21(26)29/h13-19H,1-12H2,(H3,24,25)(H2,26,29)/t13?,14?,15?,16?,17-,18?,19?/m0/s1. The fraction of sp³-hybridized carbons (Fsp3) is 0.864. The van der Waals surface area contributed by atoms with E-state index in [1.807, 2.05) is 0 Å². The average Bonchev–Trinajstić information content (AvgIpc) is 3.31. The highest BCUT2D eigenvalue weighted by Crippen LogP contribution is 2.44. The van der Waals surface area contributed by atoms with Crippen LogP contribution >= 0.6 is 0 Å². The lowest BCUT2D eigenvalue weighted by Gasteiger charge is -2.40. The largest absolute Gasteiger partial charge is 0.387 e. The molecule has 0 aromatic rings. The van der Waals surface area contributed by atoms with Crippen LogP contribution in [-0.4, -0.2) is 65.3 Å². The summed E-state index contributed by atoms with van der Waals surface area (Å²) in [6, 6.07) is 0.0179. The second kappa shape index (κ2) is 8.81. The predicted octanol–water partition coefficient (Wildman–Crippen LogP) is 1.64. The molecule has 2 heterocycles. The van der Waals surface area contributed by atoms with E-state index in [2.05, 4.69) is 4.90 Å². The van der Waals surface area contributed by atoms with E-state index in [9.17, 15) is 14.0 Å². The number of fused-ring (bicyclic) bond motifs is 1. The summed E-state index contributed by atoms with van der Waals surface area (Å²) >= 11 is 0. The summed E-state index contributed by atoms with van der Waals surface area (Å²) in [6.45, 7) is 1.49. The van der Waals surface area contributed by atoms with Crippen LogP contribution < -0.4 is 11.5 Å². The fourth-order valence-electron chi connectivity index (χ4n) is 6.47. The number of likely N-dealkylation sites (tertiary alicyclic amines) is 2. The van der Waals surface area contributed by atoms with Crippen LogP contribution in [0, 0.1) is 29.1 Å². The molecule has 2 saturated heterocycles. The first kappa shape index (κ1) is 21.5. The molecule has 7 atom stereocenters. The number of rotatable bonds is 5. The summed E-state index contributed by atoms with van der Waals surface area (Å²) in [5.41, 5.74) is 11.4. The first-order valence-electron chi connectivity index (χ1n) is 11.6. The molecular weight excluding hydrogens is 385 g/mol.